The Balaban J connectivity index is 4.23. The maximum absolute atomic E-state index is 11.8. The zero-order valence-electron chi connectivity index (χ0n) is 12.2. The van der Waals surface area contributed by atoms with Crippen LogP contribution >= 0.6 is 0 Å². The number of ether oxygens (including phenoxy) is 2. The second kappa shape index (κ2) is 9.12. The summed E-state index contributed by atoms with van der Waals surface area (Å²) < 4.78 is 9.72. The standard InChI is InChI=1S/C14H22O6/c1-5-10(4)11(8-12(15)16)14(18)20-7-6-19-13(17)9(2)3/h10-11H,2,5-8H2,1,3-4H3,(H,15,16). The minimum Gasteiger partial charge on any atom is -0.481 e. The van der Waals surface area contributed by atoms with Crippen LogP contribution in [0, 0.1) is 11.8 Å². The van der Waals surface area contributed by atoms with Crippen molar-refractivity contribution >= 4 is 17.9 Å². The molecule has 0 saturated carbocycles. The van der Waals surface area contributed by atoms with E-state index in [-0.39, 0.29) is 31.1 Å². The highest BCUT2D eigenvalue weighted by Crippen LogP contribution is 2.20. The van der Waals surface area contributed by atoms with Crippen LogP contribution in [-0.2, 0) is 23.9 Å². The van der Waals surface area contributed by atoms with Crippen molar-refractivity contribution < 1.29 is 29.0 Å². The molecular weight excluding hydrogens is 264 g/mol. The minimum atomic E-state index is -1.04. The van der Waals surface area contributed by atoms with Gasteiger partial charge >= 0.3 is 17.9 Å². The van der Waals surface area contributed by atoms with Crippen LogP contribution in [0.5, 0.6) is 0 Å². The summed E-state index contributed by atoms with van der Waals surface area (Å²) in [6, 6.07) is 0. The summed E-state index contributed by atoms with van der Waals surface area (Å²) in [5.74, 6) is -2.94. The summed E-state index contributed by atoms with van der Waals surface area (Å²) in [5.41, 5.74) is 0.264. The van der Waals surface area contributed by atoms with E-state index < -0.39 is 23.8 Å². The van der Waals surface area contributed by atoms with Crippen LogP contribution < -0.4 is 0 Å². The fraction of sp³-hybridized carbons (Fsp3) is 0.643. The average Bonchev–Trinajstić information content (AvgIpc) is 2.39. The number of hydrogen-bond donors (Lipinski definition) is 1. The van der Waals surface area contributed by atoms with Crippen molar-refractivity contribution in [3.05, 3.63) is 12.2 Å². The molecule has 0 amide bonds. The van der Waals surface area contributed by atoms with Gasteiger partial charge in [-0.05, 0) is 12.8 Å². The van der Waals surface area contributed by atoms with E-state index in [0.29, 0.717) is 6.42 Å². The van der Waals surface area contributed by atoms with E-state index in [2.05, 4.69) is 6.58 Å². The van der Waals surface area contributed by atoms with E-state index in [1.54, 1.807) is 6.92 Å². The zero-order valence-corrected chi connectivity index (χ0v) is 12.2. The Kier molecular flexibility index (Phi) is 8.27. The van der Waals surface area contributed by atoms with E-state index in [0.717, 1.165) is 0 Å². The highest BCUT2D eigenvalue weighted by molar-refractivity contribution is 5.86. The number of hydrogen-bond acceptors (Lipinski definition) is 5. The Morgan fingerprint density at radius 3 is 2.20 bits per heavy atom. The molecule has 0 aromatic carbocycles. The molecule has 0 fully saturated rings. The Hall–Kier alpha value is -1.85. The number of carboxylic acid groups (broad SMARTS) is 1. The molecule has 20 heavy (non-hydrogen) atoms. The van der Waals surface area contributed by atoms with E-state index in [4.69, 9.17) is 14.6 Å². The van der Waals surface area contributed by atoms with Gasteiger partial charge in [0.05, 0.1) is 12.3 Å². The first kappa shape index (κ1) is 18.1. The van der Waals surface area contributed by atoms with Gasteiger partial charge in [-0.25, -0.2) is 4.79 Å². The van der Waals surface area contributed by atoms with Crippen LogP contribution in [0.3, 0.4) is 0 Å². The Morgan fingerprint density at radius 2 is 1.75 bits per heavy atom. The molecule has 0 aliphatic carbocycles. The number of aliphatic carboxylic acids is 1. The van der Waals surface area contributed by atoms with Crippen LogP contribution in [0.2, 0.25) is 0 Å². The van der Waals surface area contributed by atoms with Crippen LogP contribution in [0.15, 0.2) is 12.2 Å². The smallest absolute Gasteiger partial charge is 0.333 e. The highest BCUT2D eigenvalue weighted by atomic mass is 16.6. The van der Waals surface area contributed by atoms with Gasteiger partial charge in [0, 0.05) is 5.57 Å². The third-order valence-corrected chi connectivity index (χ3v) is 2.94. The lowest BCUT2D eigenvalue weighted by Gasteiger charge is -2.19. The van der Waals surface area contributed by atoms with Crippen LogP contribution in [-0.4, -0.2) is 36.2 Å². The molecule has 2 unspecified atom stereocenters. The molecule has 6 heteroatoms. The van der Waals surface area contributed by atoms with E-state index in [1.807, 2.05) is 6.92 Å². The van der Waals surface area contributed by atoms with Crippen molar-refractivity contribution in [1.82, 2.24) is 0 Å². The van der Waals surface area contributed by atoms with Gasteiger partial charge in [-0.2, -0.15) is 0 Å². The van der Waals surface area contributed by atoms with Gasteiger partial charge in [-0.15, -0.1) is 0 Å². The predicted molar refractivity (Wildman–Crippen MR) is 71.9 cm³/mol. The second-order valence-electron chi connectivity index (χ2n) is 4.67. The predicted octanol–water partition coefficient (Wildman–Crippen LogP) is 1.79. The highest BCUT2D eigenvalue weighted by Gasteiger charge is 2.28. The molecule has 1 N–H and O–H groups in total. The zero-order chi connectivity index (χ0) is 15.7. The quantitative estimate of drug-likeness (QED) is 0.395. The molecule has 0 bridgehead atoms. The molecular formula is C14H22O6. The topological polar surface area (TPSA) is 89.9 Å². The maximum Gasteiger partial charge on any atom is 0.333 e. The van der Waals surface area contributed by atoms with Crippen LogP contribution in [0.1, 0.15) is 33.6 Å². The molecule has 6 nitrogen and oxygen atoms in total. The van der Waals surface area contributed by atoms with Gasteiger partial charge in [-0.1, -0.05) is 26.8 Å². The first-order valence-corrected chi connectivity index (χ1v) is 6.50. The van der Waals surface area contributed by atoms with Gasteiger partial charge < -0.3 is 14.6 Å². The number of esters is 2. The summed E-state index contributed by atoms with van der Waals surface area (Å²) >= 11 is 0. The van der Waals surface area contributed by atoms with Gasteiger partial charge in [0.15, 0.2) is 0 Å². The second-order valence-corrected chi connectivity index (χ2v) is 4.67. The maximum atomic E-state index is 11.8. The third-order valence-electron chi connectivity index (χ3n) is 2.94. The molecule has 2 atom stereocenters. The van der Waals surface area contributed by atoms with Gasteiger partial charge in [0.2, 0.25) is 0 Å². The molecule has 0 rings (SSSR count). The fourth-order valence-electron chi connectivity index (χ4n) is 1.50. The molecule has 0 aromatic heterocycles. The molecule has 0 aliphatic heterocycles. The van der Waals surface area contributed by atoms with Crippen LogP contribution in [0.4, 0.5) is 0 Å². The number of rotatable bonds is 9. The normalized spacial score (nSPS) is 13.2. The van der Waals surface area contributed by atoms with Crippen molar-refractivity contribution in [3.8, 4) is 0 Å². The number of carbonyl (C=O) groups excluding carboxylic acids is 2. The van der Waals surface area contributed by atoms with Gasteiger partial charge in [-0.3, -0.25) is 9.59 Å². The van der Waals surface area contributed by atoms with Gasteiger partial charge in [0.1, 0.15) is 13.2 Å². The Labute approximate surface area is 118 Å². The Bertz CT molecular complexity index is 374. The fourth-order valence-corrected chi connectivity index (χ4v) is 1.50. The SMILES string of the molecule is C=C(C)C(=O)OCCOC(=O)C(CC(=O)O)C(C)CC. The lowest BCUT2D eigenvalue weighted by molar-refractivity contribution is -0.158. The molecule has 114 valence electrons. The molecule has 0 aromatic rings. The molecule has 0 radical (unpaired) electrons. The third kappa shape index (κ3) is 6.92. The lowest BCUT2D eigenvalue weighted by Crippen LogP contribution is -2.28. The largest absolute Gasteiger partial charge is 0.481 e. The summed E-state index contributed by atoms with van der Waals surface area (Å²) in [6.45, 7) is 8.44. The van der Waals surface area contributed by atoms with Crippen molar-refractivity contribution in [2.24, 2.45) is 11.8 Å². The summed E-state index contributed by atoms with van der Waals surface area (Å²) in [6.07, 6.45) is 0.414. The van der Waals surface area contributed by atoms with Crippen molar-refractivity contribution in [1.29, 1.82) is 0 Å². The van der Waals surface area contributed by atoms with Crippen molar-refractivity contribution in [3.63, 3.8) is 0 Å². The first-order valence-electron chi connectivity index (χ1n) is 6.50. The van der Waals surface area contributed by atoms with Crippen molar-refractivity contribution in [2.45, 2.75) is 33.6 Å². The van der Waals surface area contributed by atoms with Gasteiger partial charge in [0.25, 0.3) is 0 Å². The molecule has 0 heterocycles. The first-order chi connectivity index (χ1) is 9.29. The van der Waals surface area contributed by atoms with Crippen molar-refractivity contribution in [2.75, 3.05) is 13.2 Å². The van der Waals surface area contributed by atoms with E-state index in [9.17, 15) is 14.4 Å². The molecule has 0 saturated heterocycles. The summed E-state index contributed by atoms with van der Waals surface area (Å²) in [4.78, 5) is 33.6. The lowest BCUT2D eigenvalue weighted by atomic mass is 9.89. The average molecular weight is 286 g/mol. The molecule has 0 spiro atoms. The Morgan fingerprint density at radius 1 is 1.20 bits per heavy atom. The van der Waals surface area contributed by atoms with E-state index in [1.165, 1.54) is 6.92 Å². The minimum absolute atomic E-state index is 0.0717. The van der Waals surface area contributed by atoms with Crippen LogP contribution in [0.25, 0.3) is 0 Å². The number of carbonyl (C=O) groups is 3. The monoisotopic (exact) mass is 286 g/mol. The number of carboxylic acids is 1. The van der Waals surface area contributed by atoms with E-state index >= 15 is 0 Å². The summed E-state index contributed by atoms with van der Waals surface area (Å²) in [7, 11) is 0. The molecule has 0 aliphatic rings. The summed E-state index contributed by atoms with van der Waals surface area (Å²) in [5, 5.41) is 8.80.